The number of benzene rings is 5. The summed E-state index contributed by atoms with van der Waals surface area (Å²) in [5.74, 6) is 1.97. The number of fused-ring (bicyclic) bond motifs is 1. The van der Waals surface area contributed by atoms with Crippen LogP contribution in [0.5, 0.6) is 0 Å². The molecule has 7 aromatic rings. The topological polar surface area (TPSA) is 51.6 Å². The van der Waals surface area contributed by atoms with Crippen molar-refractivity contribution in [1.29, 1.82) is 0 Å². The van der Waals surface area contributed by atoms with Gasteiger partial charge in [0.1, 0.15) is 0 Å². The van der Waals surface area contributed by atoms with Crippen LogP contribution in [0.4, 0.5) is 0 Å². The first kappa shape index (κ1) is 31.1. The third kappa shape index (κ3) is 6.39. The second kappa shape index (κ2) is 12.3. The molecule has 236 valence electrons. The van der Waals surface area contributed by atoms with Gasteiger partial charge in [0, 0.05) is 33.8 Å². The number of pyridine rings is 1. The highest BCUT2D eigenvalue weighted by Gasteiger charge is 2.18. The fourth-order valence-electron chi connectivity index (χ4n) is 6.01. The van der Waals surface area contributed by atoms with E-state index in [1.807, 2.05) is 6.20 Å². The molecule has 2 heterocycles. The number of aromatic nitrogens is 4. The average molecular weight is 625 g/mol. The van der Waals surface area contributed by atoms with Crippen molar-refractivity contribution in [1.82, 2.24) is 19.9 Å². The molecule has 0 atom stereocenters. The lowest BCUT2D eigenvalue weighted by Gasteiger charge is -2.19. The van der Waals surface area contributed by atoms with E-state index in [1.165, 1.54) is 16.5 Å². The highest BCUT2D eigenvalue weighted by Crippen LogP contribution is 2.33. The second-order valence-electron chi connectivity index (χ2n) is 14.5. The van der Waals surface area contributed by atoms with Crippen LogP contribution in [0.15, 0.2) is 134 Å². The summed E-state index contributed by atoms with van der Waals surface area (Å²) in [6, 6.07) is 44.7. The standard InChI is InChI=1S/C44H40N4/c1-43(2,3)36-22-18-32(19-23-36)41-46-40(47-42(48-41)33-20-24-37(25-21-33)44(4,5)6)31-16-14-29(15-17-31)34-11-9-12-35(28-34)39-38-13-8-7-10-30(38)26-27-45-39/h7-28H,1-6H3. The number of nitrogens with zero attached hydrogens (tertiary/aromatic N) is 4. The fourth-order valence-corrected chi connectivity index (χ4v) is 6.01. The van der Waals surface area contributed by atoms with Gasteiger partial charge in [0.15, 0.2) is 17.5 Å². The summed E-state index contributed by atoms with van der Waals surface area (Å²) >= 11 is 0. The van der Waals surface area contributed by atoms with Crippen molar-refractivity contribution in [2.24, 2.45) is 0 Å². The maximum absolute atomic E-state index is 5.00. The van der Waals surface area contributed by atoms with Crippen molar-refractivity contribution in [2.45, 2.75) is 52.4 Å². The van der Waals surface area contributed by atoms with Crippen LogP contribution in [-0.4, -0.2) is 19.9 Å². The van der Waals surface area contributed by atoms with Crippen molar-refractivity contribution in [3.8, 4) is 56.5 Å². The van der Waals surface area contributed by atoms with Crippen LogP contribution in [0.3, 0.4) is 0 Å². The maximum atomic E-state index is 5.00. The SMILES string of the molecule is CC(C)(C)c1ccc(-c2nc(-c3ccc(-c4cccc(-c5nccc6ccccc56)c4)cc3)nc(-c3ccc(C(C)(C)C)cc3)n2)cc1. The Labute approximate surface area is 283 Å². The molecule has 0 aliphatic rings. The lowest BCUT2D eigenvalue weighted by Crippen LogP contribution is -2.10. The highest BCUT2D eigenvalue weighted by molar-refractivity contribution is 5.95. The van der Waals surface area contributed by atoms with E-state index >= 15 is 0 Å². The molecule has 7 rings (SSSR count). The molecule has 0 amide bonds. The van der Waals surface area contributed by atoms with Gasteiger partial charge < -0.3 is 0 Å². The molecule has 0 saturated carbocycles. The molecule has 2 aromatic heterocycles. The first-order chi connectivity index (χ1) is 23.0. The van der Waals surface area contributed by atoms with Crippen molar-refractivity contribution >= 4 is 10.8 Å². The molecule has 0 unspecified atom stereocenters. The Morgan fingerprint density at radius 3 is 1.38 bits per heavy atom. The minimum atomic E-state index is 0.0649. The van der Waals surface area contributed by atoms with Crippen LogP contribution >= 0.6 is 0 Å². The van der Waals surface area contributed by atoms with Crippen LogP contribution in [0.1, 0.15) is 52.7 Å². The van der Waals surface area contributed by atoms with E-state index in [-0.39, 0.29) is 10.8 Å². The number of hydrogen-bond acceptors (Lipinski definition) is 4. The zero-order valence-electron chi connectivity index (χ0n) is 28.5. The Morgan fingerprint density at radius 1 is 0.396 bits per heavy atom. The third-order valence-corrected chi connectivity index (χ3v) is 8.94. The molecule has 4 heteroatoms. The van der Waals surface area contributed by atoms with Crippen LogP contribution in [0.2, 0.25) is 0 Å². The van der Waals surface area contributed by atoms with Gasteiger partial charge in [0.25, 0.3) is 0 Å². The summed E-state index contributed by atoms with van der Waals surface area (Å²) in [7, 11) is 0. The summed E-state index contributed by atoms with van der Waals surface area (Å²) in [5, 5.41) is 2.33. The number of hydrogen-bond donors (Lipinski definition) is 0. The Morgan fingerprint density at radius 2 is 0.854 bits per heavy atom. The van der Waals surface area contributed by atoms with E-state index in [0.29, 0.717) is 17.5 Å². The van der Waals surface area contributed by atoms with Crippen LogP contribution < -0.4 is 0 Å². The summed E-state index contributed by atoms with van der Waals surface area (Å²) in [6.07, 6.45) is 1.88. The van der Waals surface area contributed by atoms with Crippen LogP contribution in [0, 0.1) is 0 Å². The van der Waals surface area contributed by atoms with Crippen molar-refractivity contribution < 1.29 is 0 Å². The van der Waals surface area contributed by atoms with E-state index < -0.39 is 0 Å². The van der Waals surface area contributed by atoms with Gasteiger partial charge in [0.05, 0.1) is 5.69 Å². The molecule has 0 aliphatic carbocycles. The predicted octanol–water partition coefficient (Wildman–Crippen LogP) is 11.3. The first-order valence-corrected chi connectivity index (χ1v) is 16.6. The van der Waals surface area contributed by atoms with Gasteiger partial charge in [-0.3, -0.25) is 4.98 Å². The minimum Gasteiger partial charge on any atom is -0.256 e. The van der Waals surface area contributed by atoms with Gasteiger partial charge in [-0.25, -0.2) is 15.0 Å². The molecule has 0 radical (unpaired) electrons. The molecule has 4 nitrogen and oxygen atoms in total. The predicted molar refractivity (Wildman–Crippen MR) is 200 cm³/mol. The molecule has 0 aliphatic heterocycles. The quantitative estimate of drug-likeness (QED) is 0.191. The van der Waals surface area contributed by atoms with E-state index in [0.717, 1.165) is 44.5 Å². The first-order valence-electron chi connectivity index (χ1n) is 16.6. The Bertz CT molecular complexity index is 2140. The third-order valence-electron chi connectivity index (χ3n) is 8.94. The van der Waals surface area contributed by atoms with E-state index in [2.05, 4.69) is 169 Å². The van der Waals surface area contributed by atoms with Gasteiger partial charge in [0.2, 0.25) is 0 Å². The Kier molecular flexibility index (Phi) is 7.96. The maximum Gasteiger partial charge on any atom is 0.164 e. The molecule has 0 spiro atoms. The summed E-state index contributed by atoms with van der Waals surface area (Å²) in [4.78, 5) is 19.7. The molecule has 0 fully saturated rings. The van der Waals surface area contributed by atoms with E-state index in [9.17, 15) is 0 Å². The van der Waals surface area contributed by atoms with E-state index in [1.54, 1.807) is 0 Å². The highest BCUT2D eigenvalue weighted by atomic mass is 15.0. The number of rotatable bonds is 5. The minimum absolute atomic E-state index is 0.0649. The van der Waals surface area contributed by atoms with Crippen LogP contribution in [-0.2, 0) is 10.8 Å². The van der Waals surface area contributed by atoms with Gasteiger partial charge in [-0.15, -0.1) is 0 Å². The Balaban J connectivity index is 1.26. The summed E-state index contributed by atoms with van der Waals surface area (Å²) < 4.78 is 0. The van der Waals surface area contributed by atoms with Gasteiger partial charge >= 0.3 is 0 Å². The smallest absolute Gasteiger partial charge is 0.164 e. The monoisotopic (exact) mass is 624 g/mol. The molecule has 48 heavy (non-hydrogen) atoms. The molecule has 0 N–H and O–H groups in total. The molecule has 0 bridgehead atoms. The van der Waals surface area contributed by atoms with Crippen LogP contribution in [0.25, 0.3) is 67.3 Å². The lowest BCUT2D eigenvalue weighted by molar-refractivity contribution is 0.590. The largest absolute Gasteiger partial charge is 0.256 e. The Hall–Kier alpha value is -5.48. The fraction of sp³-hybridized carbons (Fsp3) is 0.182. The lowest BCUT2D eigenvalue weighted by atomic mass is 9.86. The zero-order chi connectivity index (χ0) is 33.5. The second-order valence-corrected chi connectivity index (χ2v) is 14.5. The molecular weight excluding hydrogens is 585 g/mol. The average Bonchev–Trinajstić information content (AvgIpc) is 3.11. The molecule has 0 saturated heterocycles. The normalized spacial score (nSPS) is 12.0. The van der Waals surface area contributed by atoms with Crippen molar-refractivity contribution in [3.05, 3.63) is 145 Å². The van der Waals surface area contributed by atoms with Gasteiger partial charge in [-0.05, 0) is 50.6 Å². The summed E-state index contributed by atoms with van der Waals surface area (Å²) in [5.41, 5.74) is 9.87. The van der Waals surface area contributed by atoms with Gasteiger partial charge in [-0.2, -0.15) is 0 Å². The van der Waals surface area contributed by atoms with Gasteiger partial charge in [-0.1, -0.05) is 157 Å². The summed E-state index contributed by atoms with van der Waals surface area (Å²) in [6.45, 7) is 13.4. The molecule has 5 aromatic carbocycles. The van der Waals surface area contributed by atoms with Crippen molar-refractivity contribution in [3.63, 3.8) is 0 Å². The zero-order valence-corrected chi connectivity index (χ0v) is 28.5. The van der Waals surface area contributed by atoms with E-state index in [4.69, 9.17) is 19.9 Å². The molecular formula is C44H40N4. The van der Waals surface area contributed by atoms with Crippen molar-refractivity contribution in [2.75, 3.05) is 0 Å².